The minimum absolute atomic E-state index is 0.0386. The molecule has 2 atom stereocenters. The van der Waals surface area contributed by atoms with Crippen LogP contribution in [0.3, 0.4) is 0 Å². The zero-order valence-electron chi connectivity index (χ0n) is 13.5. The van der Waals surface area contributed by atoms with Crippen molar-refractivity contribution in [2.24, 2.45) is 0 Å². The van der Waals surface area contributed by atoms with Crippen LogP contribution in [-0.4, -0.2) is 30.9 Å². The van der Waals surface area contributed by atoms with E-state index in [-0.39, 0.29) is 6.04 Å². The standard InChI is InChI=1S/C17H29NO2/c1-6-20-9-7-8-18-15(5)17(19)16-13(3)10-12(2)11-14(16)4/h10-11,15,17-19H,6-9H2,1-5H3. The van der Waals surface area contributed by atoms with Crippen molar-refractivity contribution < 1.29 is 9.84 Å². The largest absolute Gasteiger partial charge is 0.387 e. The number of aliphatic hydroxyl groups excluding tert-OH is 1. The second kappa shape index (κ2) is 8.40. The molecule has 0 heterocycles. The Morgan fingerprint density at radius 3 is 2.35 bits per heavy atom. The van der Waals surface area contributed by atoms with Gasteiger partial charge in [-0.2, -0.15) is 0 Å². The van der Waals surface area contributed by atoms with Crippen molar-refractivity contribution >= 4 is 0 Å². The summed E-state index contributed by atoms with van der Waals surface area (Å²) >= 11 is 0. The van der Waals surface area contributed by atoms with Crippen molar-refractivity contribution in [2.45, 2.75) is 53.2 Å². The average Bonchev–Trinajstić information content (AvgIpc) is 2.36. The van der Waals surface area contributed by atoms with E-state index in [9.17, 15) is 5.11 Å². The van der Waals surface area contributed by atoms with Crippen molar-refractivity contribution in [1.82, 2.24) is 5.32 Å². The molecule has 1 aromatic carbocycles. The normalized spacial score (nSPS) is 14.3. The van der Waals surface area contributed by atoms with E-state index in [0.29, 0.717) is 0 Å². The number of aryl methyl sites for hydroxylation is 3. The fourth-order valence-corrected chi connectivity index (χ4v) is 2.67. The maximum atomic E-state index is 10.6. The lowest BCUT2D eigenvalue weighted by Gasteiger charge is -2.24. The maximum absolute atomic E-state index is 10.6. The second-order valence-electron chi connectivity index (χ2n) is 5.55. The molecule has 0 spiro atoms. The predicted molar refractivity (Wildman–Crippen MR) is 84.2 cm³/mol. The molecule has 0 fully saturated rings. The van der Waals surface area contributed by atoms with Gasteiger partial charge in [0.25, 0.3) is 0 Å². The molecule has 1 aromatic rings. The molecular formula is C17H29NO2. The first-order chi connectivity index (χ1) is 9.47. The molecule has 3 nitrogen and oxygen atoms in total. The number of hydrogen-bond acceptors (Lipinski definition) is 3. The molecule has 2 N–H and O–H groups in total. The number of ether oxygens (including phenoxy) is 1. The van der Waals surface area contributed by atoms with Gasteiger partial charge in [0, 0.05) is 19.3 Å². The summed E-state index contributed by atoms with van der Waals surface area (Å²) in [6.45, 7) is 12.7. The van der Waals surface area contributed by atoms with Crippen LogP contribution in [0.15, 0.2) is 12.1 Å². The summed E-state index contributed by atoms with van der Waals surface area (Å²) in [5, 5.41) is 13.9. The van der Waals surface area contributed by atoms with E-state index in [4.69, 9.17) is 4.74 Å². The van der Waals surface area contributed by atoms with E-state index in [0.717, 1.165) is 42.9 Å². The number of benzene rings is 1. The van der Waals surface area contributed by atoms with Crippen LogP contribution in [0.4, 0.5) is 0 Å². The van der Waals surface area contributed by atoms with Gasteiger partial charge in [-0.15, -0.1) is 0 Å². The van der Waals surface area contributed by atoms with Gasteiger partial charge in [-0.25, -0.2) is 0 Å². The quantitative estimate of drug-likeness (QED) is 0.719. The molecule has 0 saturated heterocycles. The number of rotatable bonds is 8. The first kappa shape index (κ1) is 17.2. The molecule has 0 aliphatic carbocycles. The summed E-state index contributed by atoms with van der Waals surface area (Å²) in [5.74, 6) is 0. The summed E-state index contributed by atoms with van der Waals surface area (Å²) in [6, 6.07) is 4.30. The highest BCUT2D eigenvalue weighted by Gasteiger charge is 2.19. The highest BCUT2D eigenvalue weighted by atomic mass is 16.5. The molecule has 0 bridgehead atoms. The minimum Gasteiger partial charge on any atom is -0.387 e. The van der Waals surface area contributed by atoms with Crippen molar-refractivity contribution in [3.63, 3.8) is 0 Å². The minimum atomic E-state index is -0.470. The molecule has 0 amide bonds. The van der Waals surface area contributed by atoms with Gasteiger partial charge in [-0.3, -0.25) is 0 Å². The molecule has 0 aliphatic rings. The second-order valence-corrected chi connectivity index (χ2v) is 5.55. The first-order valence-corrected chi connectivity index (χ1v) is 7.54. The highest BCUT2D eigenvalue weighted by molar-refractivity contribution is 5.39. The van der Waals surface area contributed by atoms with Gasteiger partial charge in [0.1, 0.15) is 0 Å². The van der Waals surface area contributed by atoms with Crippen LogP contribution in [0.25, 0.3) is 0 Å². The van der Waals surface area contributed by atoms with E-state index in [1.165, 1.54) is 5.56 Å². The van der Waals surface area contributed by atoms with Crippen LogP contribution < -0.4 is 5.32 Å². The fourth-order valence-electron chi connectivity index (χ4n) is 2.67. The lowest BCUT2D eigenvalue weighted by atomic mass is 9.92. The van der Waals surface area contributed by atoms with Gasteiger partial charge in [0.15, 0.2) is 0 Å². The Hall–Kier alpha value is -0.900. The molecule has 0 saturated carbocycles. The predicted octanol–water partition coefficient (Wildman–Crippen LogP) is 3.05. The van der Waals surface area contributed by atoms with Gasteiger partial charge in [0.05, 0.1) is 6.10 Å². The smallest absolute Gasteiger partial charge is 0.0945 e. The van der Waals surface area contributed by atoms with Gasteiger partial charge in [0.2, 0.25) is 0 Å². The maximum Gasteiger partial charge on any atom is 0.0945 e. The Kier molecular flexibility index (Phi) is 7.20. The van der Waals surface area contributed by atoms with Crippen LogP contribution in [0, 0.1) is 20.8 Å². The zero-order chi connectivity index (χ0) is 15.1. The topological polar surface area (TPSA) is 41.5 Å². The van der Waals surface area contributed by atoms with Crippen molar-refractivity contribution in [3.8, 4) is 0 Å². The average molecular weight is 279 g/mol. The van der Waals surface area contributed by atoms with E-state index in [1.54, 1.807) is 0 Å². The van der Waals surface area contributed by atoms with Gasteiger partial charge in [-0.1, -0.05) is 17.7 Å². The highest BCUT2D eigenvalue weighted by Crippen LogP contribution is 2.25. The molecule has 0 aromatic heterocycles. The van der Waals surface area contributed by atoms with Gasteiger partial charge in [-0.05, 0) is 64.3 Å². The number of aliphatic hydroxyl groups is 1. The Bertz CT molecular complexity index is 394. The zero-order valence-corrected chi connectivity index (χ0v) is 13.5. The van der Waals surface area contributed by atoms with Crippen molar-refractivity contribution in [3.05, 3.63) is 34.4 Å². The van der Waals surface area contributed by atoms with Crippen LogP contribution in [-0.2, 0) is 4.74 Å². The van der Waals surface area contributed by atoms with Crippen LogP contribution in [0.2, 0.25) is 0 Å². The molecular weight excluding hydrogens is 250 g/mol. The van der Waals surface area contributed by atoms with E-state index >= 15 is 0 Å². The molecule has 1 rings (SSSR count). The van der Waals surface area contributed by atoms with Crippen LogP contribution >= 0.6 is 0 Å². The van der Waals surface area contributed by atoms with Crippen molar-refractivity contribution in [1.29, 1.82) is 0 Å². The van der Waals surface area contributed by atoms with Gasteiger partial charge < -0.3 is 15.2 Å². The third-order valence-corrected chi connectivity index (χ3v) is 3.64. The first-order valence-electron chi connectivity index (χ1n) is 7.54. The summed E-state index contributed by atoms with van der Waals surface area (Å²) in [7, 11) is 0. The lowest BCUT2D eigenvalue weighted by Crippen LogP contribution is -2.34. The van der Waals surface area contributed by atoms with E-state index < -0.39 is 6.10 Å². The summed E-state index contributed by atoms with van der Waals surface area (Å²) in [4.78, 5) is 0. The Morgan fingerprint density at radius 2 is 1.80 bits per heavy atom. The number of nitrogens with one attached hydrogen (secondary N) is 1. The van der Waals surface area contributed by atoms with Crippen molar-refractivity contribution in [2.75, 3.05) is 19.8 Å². The monoisotopic (exact) mass is 279 g/mol. The SMILES string of the molecule is CCOCCCNC(C)C(O)c1c(C)cc(C)cc1C. The molecule has 2 unspecified atom stereocenters. The molecule has 0 radical (unpaired) electrons. The third-order valence-electron chi connectivity index (χ3n) is 3.64. The summed E-state index contributed by atoms with van der Waals surface area (Å²) in [5.41, 5.74) is 4.63. The molecule has 20 heavy (non-hydrogen) atoms. The van der Waals surface area contributed by atoms with Crippen LogP contribution in [0.5, 0.6) is 0 Å². The Morgan fingerprint density at radius 1 is 1.20 bits per heavy atom. The van der Waals surface area contributed by atoms with Crippen LogP contribution in [0.1, 0.15) is 48.6 Å². The van der Waals surface area contributed by atoms with Gasteiger partial charge >= 0.3 is 0 Å². The fraction of sp³-hybridized carbons (Fsp3) is 0.647. The Labute approximate surface area is 123 Å². The van der Waals surface area contributed by atoms with E-state index in [1.807, 2.05) is 13.8 Å². The number of hydrogen-bond donors (Lipinski definition) is 2. The molecule has 3 heteroatoms. The summed E-state index contributed by atoms with van der Waals surface area (Å²) < 4.78 is 5.31. The van der Waals surface area contributed by atoms with E-state index in [2.05, 4.69) is 38.2 Å². The Balaban J connectivity index is 2.58. The summed E-state index contributed by atoms with van der Waals surface area (Å²) in [6.07, 6.45) is 0.499. The molecule has 0 aliphatic heterocycles. The molecule has 114 valence electrons. The third kappa shape index (κ3) is 4.89. The lowest BCUT2D eigenvalue weighted by molar-refractivity contribution is 0.124.